The summed E-state index contributed by atoms with van der Waals surface area (Å²) < 4.78 is 19.0. The molecule has 0 radical (unpaired) electrons. The van der Waals surface area contributed by atoms with Gasteiger partial charge in [0.2, 0.25) is 0 Å². The third kappa shape index (κ3) is 3.31. The van der Waals surface area contributed by atoms with E-state index in [1.165, 1.54) is 12.1 Å². The van der Waals surface area contributed by atoms with Gasteiger partial charge in [0.05, 0.1) is 11.1 Å². The molecule has 1 amide bonds. The van der Waals surface area contributed by atoms with Crippen molar-refractivity contribution in [2.75, 3.05) is 11.9 Å². The summed E-state index contributed by atoms with van der Waals surface area (Å²) >= 11 is 12.4. The fraction of sp³-hybridized carbons (Fsp3) is 0.579. The first-order valence-electron chi connectivity index (χ1n) is 8.88. The summed E-state index contributed by atoms with van der Waals surface area (Å²) in [6, 6.07) is 3.95. The average Bonchev–Trinajstić information content (AvgIpc) is 2.53. The van der Waals surface area contributed by atoms with E-state index in [4.69, 9.17) is 27.9 Å². The predicted octanol–water partition coefficient (Wildman–Crippen LogP) is 4.54. The predicted molar refractivity (Wildman–Crippen MR) is 96.7 cm³/mol. The maximum absolute atomic E-state index is 13.7. The first-order valence-corrected chi connectivity index (χ1v) is 9.64. The lowest BCUT2D eigenvalue weighted by atomic mass is 9.49. The summed E-state index contributed by atoms with van der Waals surface area (Å²) in [5.41, 5.74) is -0.553. The molecule has 4 nitrogen and oxygen atoms in total. The van der Waals surface area contributed by atoms with Crippen molar-refractivity contribution < 1.29 is 18.7 Å². The van der Waals surface area contributed by atoms with Crippen LogP contribution in [0.25, 0.3) is 0 Å². The molecule has 5 rings (SSSR count). The number of anilines is 1. The number of ether oxygens (including phenoxy) is 1. The number of carbonyl (C=O) groups is 2. The van der Waals surface area contributed by atoms with Crippen LogP contribution in [-0.4, -0.2) is 23.4 Å². The van der Waals surface area contributed by atoms with E-state index in [1.54, 1.807) is 0 Å². The van der Waals surface area contributed by atoms with Crippen molar-refractivity contribution in [3.63, 3.8) is 0 Å². The van der Waals surface area contributed by atoms with Crippen LogP contribution in [0.5, 0.6) is 0 Å². The normalized spacial score (nSPS) is 34.6. The standard InChI is InChI=1S/C19H20Cl2FNO3/c20-13-1-2-15(14(22)4-13)23-16(24)9-26-17(25)18-5-11-3-12(6-18)8-19(21,7-11)10-18/h1-2,4,11-12H,3,5-10H2,(H,23,24). The van der Waals surface area contributed by atoms with E-state index < -0.39 is 23.7 Å². The van der Waals surface area contributed by atoms with Gasteiger partial charge in [-0.1, -0.05) is 11.6 Å². The molecule has 0 heterocycles. The smallest absolute Gasteiger partial charge is 0.312 e. The molecule has 26 heavy (non-hydrogen) atoms. The molecule has 7 heteroatoms. The van der Waals surface area contributed by atoms with Gasteiger partial charge >= 0.3 is 5.97 Å². The summed E-state index contributed by atoms with van der Waals surface area (Å²) in [4.78, 5) is 24.5. The zero-order chi connectivity index (χ0) is 18.5. The van der Waals surface area contributed by atoms with E-state index in [2.05, 4.69) is 5.32 Å². The number of alkyl halides is 1. The van der Waals surface area contributed by atoms with Crippen LogP contribution in [0, 0.1) is 23.1 Å². The maximum Gasteiger partial charge on any atom is 0.312 e. The van der Waals surface area contributed by atoms with Crippen molar-refractivity contribution in [1.29, 1.82) is 0 Å². The van der Waals surface area contributed by atoms with Gasteiger partial charge in [-0.2, -0.15) is 0 Å². The van der Waals surface area contributed by atoms with Crippen molar-refractivity contribution in [2.45, 2.75) is 43.4 Å². The number of nitrogens with one attached hydrogen (secondary N) is 1. The van der Waals surface area contributed by atoms with Gasteiger partial charge in [0.1, 0.15) is 5.82 Å². The number of amides is 1. The first kappa shape index (κ1) is 18.1. The highest BCUT2D eigenvalue weighted by atomic mass is 35.5. The second-order valence-electron chi connectivity index (χ2n) is 8.14. The van der Waals surface area contributed by atoms with E-state index >= 15 is 0 Å². The molecule has 0 aromatic heterocycles. The molecule has 1 aromatic carbocycles. The van der Waals surface area contributed by atoms with Crippen LogP contribution in [0.4, 0.5) is 10.1 Å². The van der Waals surface area contributed by atoms with E-state index in [9.17, 15) is 14.0 Å². The van der Waals surface area contributed by atoms with Crippen molar-refractivity contribution >= 4 is 40.8 Å². The molecule has 4 saturated carbocycles. The van der Waals surface area contributed by atoms with E-state index in [0.29, 0.717) is 18.3 Å². The number of rotatable bonds is 4. The van der Waals surface area contributed by atoms with Gasteiger partial charge in [-0.3, -0.25) is 9.59 Å². The molecule has 1 aromatic rings. The Bertz CT molecular complexity index is 755. The summed E-state index contributed by atoms with van der Waals surface area (Å²) in [7, 11) is 0. The monoisotopic (exact) mass is 399 g/mol. The van der Waals surface area contributed by atoms with Crippen LogP contribution >= 0.6 is 23.2 Å². The Morgan fingerprint density at radius 1 is 1.23 bits per heavy atom. The van der Waals surface area contributed by atoms with Gasteiger partial charge in [-0.05, 0) is 68.6 Å². The number of hydrogen-bond acceptors (Lipinski definition) is 3. The van der Waals surface area contributed by atoms with E-state index in [-0.39, 0.29) is 21.6 Å². The maximum atomic E-state index is 13.7. The topological polar surface area (TPSA) is 55.4 Å². The Kier molecular flexibility index (Phi) is 4.43. The van der Waals surface area contributed by atoms with E-state index in [1.807, 2.05) is 0 Å². The van der Waals surface area contributed by atoms with Gasteiger partial charge < -0.3 is 10.1 Å². The van der Waals surface area contributed by atoms with E-state index in [0.717, 1.165) is 38.2 Å². The number of halogens is 3. The Morgan fingerprint density at radius 2 is 1.92 bits per heavy atom. The summed E-state index contributed by atoms with van der Waals surface area (Å²) in [6.45, 7) is -0.437. The Balaban J connectivity index is 1.37. The van der Waals surface area contributed by atoms with Crippen molar-refractivity contribution in [2.24, 2.45) is 17.3 Å². The Labute approximate surface area is 161 Å². The molecule has 0 spiro atoms. The number of esters is 1. The van der Waals surface area contributed by atoms with Gasteiger partial charge in [0.25, 0.3) is 5.91 Å². The van der Waals surface area contributed by atoms with Crippen LogP contribution in [0.2, 0.25) is 5.02 Å². The largest absolute Gasteiger partial charge is 0.455 e. The fourth-order valence-corrected chi connectivity index (χ4v) is 6.30. The molecule has 2 unspecified atom stereocenters. The summed E-state index contributed by atoms with van der Waals surface area (Å²) in [5.74, 6) is -0.618. The van der Waals surface area contributed by atoms with Crippen LogP contribution in [0.3, 0.4) is 0 Å². The van der Waals surface area contributed by atoms with Crippen molar-refractivity contribution in [3.8, 4) is 0 Å². The van der Waals surface area contributed by atoms with Gasteiger partial charge in [-0.15, -0.1) is 11.6 Å². The third-order valence-corrected chi connectivity index (χ3v) is 6.64. The minimum Gasteiger partial charge on any atom is -0.455 e. The lowest BCUT2D eigenvalue weighted by Crippen LogP contribution is -2.56. The number of benzene rings is 1. The van der Waals surface area contributed by atoms with Crippen molar-refractivity contribution in [1.82, 2.24) is 0 Å². The number of hydrogen-bond donors (Lipinski definition) is 1. The number of carbonyl (C=O) groups excluding carboxylic acids is 2. The molecule has 4 fully saturated rings. The summed E-state index contributed by atoms with van der Waals surface area (Å²) in [6.07, 6.45) is 5.29. The molecule has 4 bridgehead atoms. The quantitative estimate of drug-likeness (QED) is 0.597. The first-order chi connectivity index (χ1) is 12.3. The third-order valence-electron chi connectivity index (χ3n) is 5.96. The molecule has 140 valence electrons. The highest BCUT2D eigenvalue weighted by Crippen LogP contribution is 2.64. The fourth-order valence-electron chi connectivity index (χ4n) is 5.45. The minimum atomic E-state index is -0.637. The van der Waals surface area contributed by atoms with Gasteiger partial charge in [0, 0.05) is 9.90 Å². The van der Waals surface area contributed by atoms with Crippen LogP contribution in [0.1, 0.15) is 38.5 Å². The lowest BCUT2D eigenvalue weighted by molar-refractivity contribution is -0.171. The van der Waals surface area contributed by atoms with Crippen LogP contribution < -0.4 is 5.32 Å². The minimum absolute atomic E-state index is 0.00460. The Morgan fingerprint density at radius 3 is 2.54 bits per heavy atom. The molecule has 0 saturated heterocycles. The summed E-state index contributed by atoms with van der Waals surface area (Å²) in [5, 5.41) is 2.64. The average molecular weight is 400 g/mol. The van der Waals surface area contributed by atoms with Crippen LogP contribution in [-0.2, 0) is 14.3 Å². The molecule has 2 atom stereocenters. The highest BCUT2D eigenvalue weighted by molar-refractivity contribution is 6.30. The molecular weight excluding hydrogens is 380 g/mol. The molecule has 4 aliphatic rings. The van der Waals surface area contributed by atoms with Gasteiger partial charge in [-0.25, -0.2) is 4.39 Å². The zero-order valence-electron chi connectivity index (χ0n) is 14.2. The second kappa shape index (κ2) is 6.38. The molecule has 4 aliphatic carbocycles. The SMILES string of the molecule is O=C(COC(=O)C12CC3CC(CC(Cl)(C3)C1)C2)Nc1ccc(Cl)cc1F. The lowest BCUT2D eigenvalue weighted by Gasteiger charge is -2.58. The molecule has 1 N–H and O–H groups in total. The van der Waals surface area contributed by atoms with Crippen molar-refractivity contribution in [3.05, 3.63) is 29.0 Å². The van der Waals surface area contributed by atoms with Gasteiger partial charge in [0.15, 0.2) is 6.61 Å². The molecule has 0 aliphatic heterocycles. The zero-order valence-corrected chi connectivity index (χ0v) is 15.7. The highest BCUT2D eigenvalue weighted by Gasteiger charge is 2.60. The molecular formula is C19H20Cl2FNO3. The van der Waals surface area contributed by atoms with Crippen LogP contribution in [0.15, 0.2) is 18.2 Å². The second-order valence-corrected chi connectivity index (χ2v) is 9.38. The Hall–Kier alpha value is -1.33.